The molecule has 1 atom stereocenters. The quantitative estimate of drug-likeness (QED) is 0.473. The van der Waals surface area contributed by atoms with E-state index in [1.54, 1.807) is 50.5 Å². The van der Waals surface area contributed by atoms with Gasteiger partial charge in [-0.25, -0.2) is 15.0 Å². The summed E-state index contributed by atoms with van der Waals surface area (Å²) >= 11 is 6.16. The van der Waals surface area contributed by atoms with Crippen molar-refractivity contribution in [2.24, 2.45) is 5.16 Å². The Hall–Kier alpha value is -2.98. The highest BCUT2D eigenvalue weighted by atomic mass is 35.5. The van der Waals surface area contributed by atoms with Crippen LogP contribution in [0.2, 0.25) is 5.02 Å². The van der Waals surface area contributed by atoms with Gasteiger partial charge in [0, 0.05) is 28.5 Å². The van der Waals surface area contributed by atoms with Gasteiger partial charge in [-0.05, 0) is 38.1 Å². The topological polar surface area (TPSA) is 107 Å². The van der Waals surface area contributed by atoms with Crippen LogP contribution in [0.1, 0.15) is 41.6 Å². The number of oxime groups is 1. The summed E-state index contributed by atoms with van der Waals surface area (Å²) < 4.78 is 1.48. The summed E-state index contributed by atoms with van der Waals surface area (Å²) in [4.78, 5) is 30.1. The number of halogens is 1. The van der Waals surface area contributed by atoms with Gasteiger partial charge in [0.25, 0.3) is 11.9 Å². The second-order valence-electron chi connectivity index (χ2n) is 5.86. The van der Waals surface area contributed by atoms with Crippen molar-refractivity contribution in [2.75, 3.05) is 7.11 Å². The van der Waals surface area contributed by atoms with E-state index in [-0.39, 0.29) is 19.4 Å². The molecule has 0 radical (unpaired) electrons. The van der Waals surface area contributed by atoms with Crippen molar-refractivity contribution >= 4 is 36.7 Å². The molecule has 1 amide bonds. The maximum Gasteiger partial charge on any atom is 0.252 e. The fraction of sp³-hybridized carbons (Fsp3) is 0.222. The number of aromatic nitrogens is 5. The average Bonchev–Trinajstić information content (AvgIpc) is 3.18. The molecule has 11 heteroatoms. The molecule has 152 valence electrons. The lowest BCUT2D eigenvalue weighted by Gasteiger charge is -2.14. The minimum Gasteiger partial charge on any atom is -0.399 e. The molecule has 0 fully saturated rings. The molecule has 9 nitrogen and oxygen atoms in total. The fourth-order valence-electron chi connectivity index (χ4n) is 2.56. The van der Waals surface area contributed by atoms with E-state index in [2.05, 4.69) is 30.5 Å². The number of nitrogens with zero attached hydrogens (tertiary/aromatic N) is 6. The summed E-state index contributed by atoms with van der Waals surface area (Å²) in [7, 11) is 1.45. The SMILES string of the molecule is CON=C(C)c1cc(Cl)cc(C(=O)N[C@H](C)c2ncnn2-c2ncccn2)c1.S. The Morgan fingerprint density at radius 2 is 1.90 bits per heavy atom. The maximum atomic E-state index is 12.8. The minimum atomic E-state index is -0.449. The van der Waals surface area contributed by atoms with Gasteiger partial charge in [0.05, 0.1) is 11.8 Å². The van der Waals surface area contributed by atoms with Crippen molar-refractivity contribution in [1.82, 2.24) is 30.0 Å². The Morgan fingerprint density at radius 3 is 2.59 bits per heavy atom. The standard InChI is InChI=1S/C18H18ClN7O2.H2S/c1-11(25-28-3)13-7-14(9-15(19)8-13)17(27)24-12(2)16-22-10-23-26(16)18-20-5-4-6-21-18;/h4-10,12H,1-3H3,(H,24,27);1H2/t12-;/m1./s1. The number of rotatable bonds is 6. The lowest BCUT2D eigenvalue weighted by Crippen LogP contribution is -2.29. The summed E-state index contributed by atoms with van der Waals surface area (Å²) in [6, 6.07) is 6.24. The van der Waals surface area contributed by atoms with Crippen LogP contribution in [0.5, 0.6) is 0 Å². The number of hydrogen-bond donors (Lipinski definition) is 1. The van der Waals surface area contributed by atoms with Gasteiger partial charge >= 0.3 is 0 Å². The van der Waals surface area contributed by atoms with Gasteiger partial charge in [0.15, 0.2) is 5.82 Å². The molecule has 0 saturated carbocycles. The molecule has 3 rings (SSSR count). The monoisotopic (exact) mass is 433 g/mol. The van der Waals surface area contributed by atoms with Crippen LogP contribution in [-0.4, -0.2) is 43.5 Å². The zero-order chi connectivity index (χ0) is 20.1. The van der Waals surface area contributed by atoms with Crippen molar-refractivity contribution in [3.63, 3.8) is 0 Å². The highest BCUT2D eigenvalue weighted by Gasteiger charge is 2.19. The average molecular weight is 434 g/mol. The Morgan fingerprint density at radius 1 is 1.21 bits per heavy atom. The molecule has 3 aromatic rings. The normalized spacial score (nSPS) is 12.1. The molecular weight excluding hydrogens is 414 g/mol. The molecule has 0 saturated heterocycles. The summed E-state index contributed by atoms with van der Waals surface area (Å²) in [5, 5.41) is 11.3. The van der Waals surface area contributed by atoms with Crippen LogP contribution in [0.15, 0.2) is 48.1 Å². The van der Waals surface area contributed by atoms with Crippen molar-refractivity contribution < 1.29 is 9.63 Å². The number of nitrogens with one attached hydrogen (secondary N) is 1. The van der Waals surface area contributed by atoms with E-state index in [4.69, 9.17) is 16.4 Å². The van der Waals surface area contributed by atoms with Gasteiger partial charge in [-0.3, -0.25) is 4.79 Å². The minimum absolute atomic E-state index is 0. The van der Waals surface area contributed by atoms with E-state index >= 15 is 0 Å². The Balaban J connectivity index is 0.00000300. The molecule has 0 bridgehead atoms. The smallest absolute Gasteiger partial charge is 0.252 e. The Kier molecular flexibility index (Phi) is 7.68. The van der Waals surface area contributed by atoms with Crippen LogP contribution in [0.3, 0.4) is 0 Å². The molecular formula is C18H20ClN7O2S. The third-order valence-corrected chi connectivity index (χ3v) is 4.07. The predicted molar refractivity (Wildman–Crippen MR) is 114 cm³/mol. The first kappa shape index (κ1) is 22.3. The third-order valence-electron chi connectivity index (χ3n) is 3.86. The van der Waals surface area contributed by atoms with E-state index in [9.17, 15) is 4.79 Å². The molecule has 0 aliphatic rings. The van der Waals surface area contributed by atoms with Gasteiger partial charge in [0.1, 0.15) is 13.4 Å². The summed E-state index contributed by atoms with van der Waals surface area (Å²) in [5.41, 5.74) is 1.68. The predicted octanol–water partition coefficient (Wildman–Crippen LogP) is 2.68. The van der Waals surface area contributed by atoms with E-state index in [0.717, 1.165) is 0 Å². The number of carbonyl (C=O) groups excluding carboxylic acids is 1. The van der Waals surface area contributed by atoms with Crippen molar-refractivity contribution in [1.29, 1.82) is 0 Å². The lowest BCUT2D eigenvalue weighted by molar-refractivity contribution is 0.0938. The molecule has 29 heavy (non-hydrogen) atoms. The highest BCUT2D eigenvalue weighted by Crippen LogP contribution is 2.18. The Bertz CT molecular complexity index is 1010. The van der Waals surface area contributed by atoms with Gasteiger partial charge in [-0.15, -0.1) is 0 Å². The highest BCUT2D eigenvalue weighted by molar-refractivity contribution is 7.59. The zero-order valence-corrected chi connectivity index (χ0v) is 17.8. The van der Waals surface area contributed by atoms with Crippen LogP contribution in [-0.2, 0) is 4.84 Å². The van der Waals surface area contributed by atoms with Crippen LogP contribution in [0.4, 0.5) is 0 Å². The van der Waals surface area contributed by atoms with Crippen molar-refractivity contribution in [2.45, 2.75) is 19.9 Å². The maximum absolute atomic E-state index is 12.8. The molecule has 1 N–H and O–H groups in total. The van der Waals surface area contributed by atoms with Gasteiger partial charge < -0.3 is 10.2 Å². The first-order valence-corrected chi connectivity index (χ1v) is 8.74. The molecule has 2 aromatic heterocycles. The summed E-state index contributed by atoms with van der Waals surface area (Å²) in [6.07, 6.45) is 4.60. The second kappa shape index (κ2) is 9.99. The first-order chi connectivity index (χ1) is 13.5. The largest absolute Gasteiger partial charge is 0.399 e. The van der Waals surface area contributed by atoms with Crippen LogP contribution in [0.25, 0.3) is 5.95 Å². The molecule has 0 aliphatic carbocycles. The van der Waals surface area contributed by atoms with E-state index < -0.39 is 6.04 Å². The molecule has 0 aliphatic heterocycles. The van der Waals surface area contributed by atoms with Crippen LogP contribution in [0, 0.1) is 0 Å². The van der Waals surface area contributed by atoms with Crippen molar-refractivity contribution in [3.05, 3.63) is 65.0 Å². The lowest BCUT2D eigenvalue weighted by atomic mass is 10.1. The number of amides is 1. The third kappa shape index (κ3) is 5.30. The van der Waals surface area contributed by atoms with E-state index in [0.29, 0.717) is 33.6 Å². The second-order valence-corrected chi connectivity index (χ2v) is 6.30. The molecule has 1 aromatic carbocycles. The molecule has 0 spiro atoms. The molecule has 2 heterocycles. The van der Waals surface area contributed by atoms with Crippen LogP contribution < -0.4 is 5.32 Å². The van der Waals surface area contributed by atoms with Crippen molar-refractivity contribution in [3.8, 4) is 5.95 Å². The van der Waals surface area contributed by atoms with Gasteiger partial charge in [0.2, 0.25) is 0 Å². The summed E-state index contributed by atoms with van der Waals surface area (Å²) in [6.45, 7) is 3.56. The molecule has 0 unspecified atom stereocenters. The Labute approximate surface area is 179 Å². The first-order valence-electron chi connectivity index (χ1n) is 8.36. The van der Waals surface area contributed by atoms with E-state index in [1.165, 1.54) is 18.1 Å². The number of benzene rings is 1. The zero-order valence-electron chi connectivity index (χ0n) is 16.0. The summed E-state index contributed by atoms with van der Waals surface area (Å²) in [5.74, 6) is 0.552. The number of hydrogen-bond acceptors (Lipinski definition) is 7. The van der Waals surface area contributed by atoms with Gasteiger partial charge in [-0.2, -0.15) is 23.3 Å². The van der Waals surface area contributed by atoms with Gasteiger partial charge in [-0.1, -0.05) is 16.8 Å². The van der Waals surface area contributed by atoms with Crippen LogP contribution >= 0.6 is 25.1 Å². The number of carbonyl (C=O) groups is 1. The fourth-order valence-corrected chi connectivity index (χ4v) is 2.80. The van der Waals surface area contributed by atoms with E-state index in [1.807, 2.05) is 0 Å².